The van der Waals surface area contributed by atoms with Crippen LogP contribution in [-0.2, 0) is 6.42 Å². The van der Waals surface area contributed by atoms with Gasteiger partial charge in [0, 0.05) is 11.1 Å². The summed E-state index contributed by atoms with van der Waals surface area (Å²) >= 11 is 0. The third-order valence-corrected chi connectivity index (χ3v) is 2.41. The first kappa shape index (κ1) is 12.3. The SMILES string of the molecule is CCOc1ccc(C(C)=O)c(C#N)c1CC. The molecule has 0 fully saturated rings. The zero-order chi connectivity index (χ0) is 12.1. The van der Waals surface area contributed by atoms with Gasteiger partial charge in [-0.1, -0.05) is 6.92 Å². The summed E-state index contributed by atoms with van der Waals surface area (Å²) in [4.78, 5) is 11.4. The second-order valence-electron chi connectivity index (χ2n) is 3.42. The smallest absolute Gasteiger partial charge is 0.161 e. The Morgan fingerprint density at radius 2 is 2.12 bits per heavy atom. The highest BCUT2D eigenvalue weighted by Crippen LogP contribution is 2.26. The third kappa shape index (κ3) is 2.22. The van der Waals surface area contributed by atoms with Crippen molar-refractivity contribution in [2.75, 3.05) is 6.61 Å². The van der Waals surface area contributed by atoms with Crippen molar-refractivity contribution in [1.82, 2.24) is 0 Å². The van der Waals surface area contributed by atoms with E-state index in [2.05, 4.69) is 6.07 Å². The summed E-state index contributed by atoms with van der Waals surface area (Å²) in [5.41, 5.74) is 1.74. The molecule has 0 unspecified atom stereocenters. The highest BCUT2D eigenvalue weighted by atomic mass is 16.5. The molecule has 0 spiro atoms. The van der Waals surface area contributed by atoms with E-state index in [1.54, 1.807) is 12.1 Å². The van der Waals surface area contributed by atoms with Gasteiger partial charge in [0.2, 0.25) is 0 Å². The van der Waals surface area contributed by atoms with Gasteiger partial charge in [-0.15, -0.1) is 0 Å². The van der Waals surface area contributed by atoms with Gasteiger partial charge in [-0.05, 0) is 32.4 Å². The Balaban J connectivity index is 3.41. The van der Waals surface area contributed by atoms with E-state index in [-0.39, 0.29) is 5.78 Å². The molecule has 0 saturated carbocycles. The molecular formula is C13H15NO2. The summed E-state index contributed by atoms with van der Waals surface area (Å²) in [6.45, 7) is 5.86. The Kier molecular flexibility index (Phi) is 4.07. The lowest BCUT2D eigenvalue weighted by molar-refractivity contribution is 0.101. The number of carbonyl (C=O) groups excluding carboxylic acids is 1. The van der Waals surface area contributed by atoms with Gasteiger partial charge in [-0.2, -0.15) is 5.26 Å². The van der Waals surface area contributed by atoms with E-state index >= 15 is 0 Å². The van der Waals surface area contributed by atoms with Crippen LogP contribution >= 0.6 is 0 Å². The summed E-state index contributed by atoms with van der Waals surface area (Å²) in [5.74, 6) is 0.612. The first-order valence-corrected chi connectivity index (χ1v) is 5.35. The molecule has 3 heteroatoms. The van der Waals surface area contributed by atoms with E-state index < -0.39 is 0 Å². The molecule has 0 aliphatic carbocycles. The van der Waals surface area contributed by atoms with Crippen LogP contribution in [0.15, 0.2) is 12.1 Å². The third-order valence-electron chi connectivity index (χ3n) is 2.41. The molecule has 16 heavy (non-hydrogen) atoms. The summed E-state index contributed by atoms with van der Waals surface area (Å²) in [6.07, 6.45) is 0.680. The van der Waals surface area contributed by atoms with Gasteiger partial charge >= 0.3 is 0 Å². The largest absolute Gasteiger partial charge is 0.494 e. The van der Waals surface area contributed by atoms with Crippen LogP contribution in [0.2, 0.25) is 0 Å². The summed E-state index contributed by atoms with van der Waals surface area (Å²) in [7, 11) is 0. The van der Waals surface area contributed by atoms with E-state index in [0.717, 1.165) is 5.56 Å². The molecule has 0 aliphatic rings. The Morgan fingerprint density at radius 3 is 2.56 bits per heavy atom. The molecule has 0 aliphatic heterocycles. The fourth-order valence-electron chi connectivity index (χ4n) is 1.69. The average Bonchev–Trinajstić information content (AvgIpc) is 2.28. The minimum absolute atomic E-state index is 0.0886. The minimum atomic E-state index is -0.0886. The number of ether oxygens (including phenoxy) is 1. The Hall–Kier alpha value is -1.82. The predicted molar refractivity (Wildman–Crippen MR) is 61.7 cm³/mol. The van der Waals surface area contributed by atoms with Crippen LogP contribution in [-0.4, -0.2) is 12.4 Å². The van der Waals surface area contributed by atoms with Gasteiger partial charge in [-0.3, -0.25) is 4.79 Å². The first-order valence-electron chi connectivity index (χ1n) is 5.35. The lowest BCUT2D eigenvalue weighted by Crippen LogP contribution is -2.04. The van der Waals surface area contributed by atoms with Gasteiger partial charge < -0.3 is 4.74 Å². The summed E-state index contributed by atoms with van der Waals surface area (Å²) < 4.78 is 5.44. The molecule has 0 aromatic heterocycles. The van der Waals surface area contributed by atoms with Crippen LogP contribution in [0.1, 0.15) is 42.3 Å². The zero-order valence-electron chi connectivity index (χ0n) is 9.83. The van der Waals surface area contributed by atoms with Gasteiger partial charge in [-0.25, -0.2) is 0 Å². The minimum Gasteiger partial charge on any atom is -0.494 e. The van der Waals surface area contributed by atoms with Crippen LogP contribution < -0.4 is 4.74 Å². The molecule has 1 aromatic rings. The molecule has 0 radical (unpaired) electrons. The fourth-order valence-corrected chi connectivity index (χ4v) is 1.69. The average molecular weight is 217 g/mol. The van der Waals surface area contributed by atoms with Crippen LogP contribution in [0.25, 0.3) is 0 Å². The molecule has 84 valence electrons. The molecule has 3 nitrogen and oxygen atoms in total. The number of hydrogen-bond donors (Lipinski definition) is 0. The summed E-state index contributed by atoms with van der Waals surface area (Å²) in [6, 6.07) is 5.52. The standard InChI is InChI=1S/C13H15NO2/c1-4-10-12(8-14)11(9(3)15)6-7-13(10)16-5-2/h6-7H,4-5H2,1-3H3. The highest BCUT2D eigenvalue weighted by molar-refractivity contribution is 5.97. The lowest BCUT2D eigenvalue weighted by atomic mass is 9.97. The number of nitrogens with zero attached hydrogens (tertiary/aromatic N) is 1. The van der Waals surface area contributed by atoms with E-state index in [0.29, 0.717) is 29.9 Å². The number of rotatable bonds is 4. The fraction of sp³-hybridized carbons (Fsp3) is 0.385. The van der Waals surface area contributed by atoms with Crippen LogP contribution in [0.3, 0.4) is 0 Å². The van der Waals surface area contributed by atoms with Crippen molar-refractivity contribution in [1.29, 1.82) is 5.26 Å². The van der Waals surface area contributed by atoms with Crippen LogP contribution in [0, 0.1) is 11.3 Å². The van der Waals surface area contributed by atoms with Crippen molar-refractivity contribution in [3.63, 3.8) is 0 Å². The van der Waals surface area contributed by atoms with Gasteiger partial charge in [0.05, 0.1) is 12.2 Å². The number of hydrogen-bond acceptors (Lipinski definition) is 3. The number of nitriles is 1. The first-order chi connectivity index (χ1) is 7.65. The highest BCUT2D eigenvalue weighted by Gasteiger charge is 2.15. The predicted octanol–water partition coefficient (Wildman–Crippen LogP) is 2.72. The van der Waals surface area contributed by atoms with Gasteiger partial charge in [0.15, 0.2) is 5.78 Å². The van der Waals surface area contributed by atoms with Crippen molar-refractivity contribution >= 4 is 5.78 Å². The molecule has 1 rings (SSSR count). The van der Waals surface area contributed by atoms with Crippen molar-refractivity contribution in [2.45, 2.75) is 27.2 Å². The number of ketones is 1. The molecule has 0 saturated heterocycles. The van der Waals surface area contributed by atoms with Gasteiger partial charge in [0.1, 0.15) is 11.8 Å². The monoisotopic (exact) mass is 217 g/mol. The van der Waals surface area contributed by atoms with E-state index in [4.69, 9.17) is 10.00 Å². The van der Waals surface area contributed by atoms with Crippen molar-refractivity contribution in [3.8, 4) is 11.8 Å². The van der Waals surface area contributed by atoms with Crippen molar-refractivity contribution < 1.29 is 9.53 Å². The molecule has 0 atom stereocenters. The number of benzene rings is 1. The zero-order valence-corrected chi connectivity index (χ0v) is 9.83. The molecule has 0 amide bonds. The molecular weight excluding hydrogens is 202 g/mol. The molecule has 0 bridgehead atoms. The lowest BCUT2D eigenvalue weighted by Gasteiger charge is -2.12. The quantitative estimate of drug-likeness (QED) is 0.728. The molecule has 0 heterocycles. The number of Topliss-reactive ketones (excluding diaryl/α,β-unsaturated/α-hetero) is 1. The Morgan fingerprint density at radius 1 is 1.44 bits per heavy atom. The van der Waals surface area contributed by atoms with Gasteiger partial charge in [0.25, 0.3) is 0 Å². The van der Waals surface area contributed by atoms with E-state index in [1.807, 2.05) is 13.8 Å². The summed E-state index contributed by atoms with van der Waals surface area (Å²) in [5, 5.41) is 9.11. The number of carbonyl (C=O) groups is 1. The topological polar surface area (TPSA) is 50.1 Å². The normalized spacial score (nSPS) is 9.62. The van der Waals surface area contributed by atoms with Crippen molar-refractivity contribution in [2.24, 2.45) is 0 Å². The second-order valence-corrected chi connectivity index (χ2v) is 3.42. The van der Waals surface area contributed by atoms with Crippen LogP contribution in [0.4, 0.5) is 0 Å². The molecule has 1 aromatic carbocycles. The maximum absolute atomic E-state index is 11.4. The Labute approximate surface area is 95.7 Å². The second kappa shape index (κ2) is 5.32. The van der Waals surface area contributed by atoms with Crippen molar-refractivity contribution in [3.05, 3.63) is 28.8 Å². The Bertz CT molecular complexity index is 444. The maximum atomic E-state index is 11.4. The van der Waals surface area contributed by atoms with E-state index in [9.17, 15) is 4.79 Å². The van der Waals surface area contributed by atoms with Crippen LogP contribution in [0.5, 0.6) is 5.75 Å². The maximum Gasteiger partial charge on any atom is 0.161 e. The van der Waals surface area contributed by atoms with E-state index in [1.165, 1.54) is 6.92 Å². The molecule has 0 N–H and O–H groups in total.